The van der Waals surface area contributed by atoms with Gasteiger partial charge in [0.1, 0.15) is 5.82 Å². The van der Waals surface area contributed by atoms with Crippen molar-refractivity contribution >= 4 is 23.2 Å². The normalized spacial score (nSPS) is 18.1. The van der Waals surface area contributed by atoms with Gasteiger partial charge in [0.05, 0.1) is 29.1 Å². The fraction of sp³-hybridized carbons (Fsp3) is 0.394. The lowest BCUT2D eigenvalue weighted by Crippen LogP contribution is -2.50. The van der Waals surface area contributed by atoms with Crippen molar-refractivity contribution < 1.29 is 40.3 Å². The van der Waals surface area contributed by atoms with Crippen molar-refractivity contribution in [3.63, 3.8) is 0 Å². The molecule has 1 saturated heterocycles. The minimum absolute atomic E-state index is 0.0501. The molecule has 0 spiro atoms. The van der Waals surface area contributed by atoms with Crippen LogP contribution in [0.2, 0.25) is 0 Å². The molecule has 2 fully saturated rings. The summed E-state index contributed by atoms with van der Waals surface area (Å²) in [5.41, 5.74) is -2.00. The van der Waals surface area contributed by atoms with Gasteiger partial charge in [-0.25, -0.2) is 4.39 Å². The van der Waals surface area contributed by atoms with Crippen molar-refractivity contribution in [2.24, 2.45) is 0 Å². The number of alkyl halides is 6. The van der Waals surface area contributed by atoms with Crippen LogP contribution < -0.4 is 15.1 Å². The first-order valence-corrected chi connectivity index (χ1v) is 14.7. The quantitative estimate of drug-likeness (QED) is 0.282. The SMILES string of the molecule is C[C@H](C(=O)NC1(c2ccc(N3CCN(c4ccc(F)cc4)C(=O)C3)cc2)CCCCC1)c1cc(C(F)(F)F)cc(C(F)(F)F)c1. The maximum absolute atomic E-state index is 13.5. The number of piperazine rings is 1. The standard InChI is InChI=1S/C33H32F7N3O2/c1-21(22-17-24(32(35,36)37)19-25(18-22)33(38,39)40)30(45)41-31(13-3-2-4-14-31)23-5-9-27(10-6-23)42-15-16-43(29(44)20-42)28-11-7-26(34)8-12-28/h5-12,17-19,21H,2-4,13-16,20H2,1H3,(H,41,45)/t21-/m0/s1. The summed E-state index contributed by atoms with van der Waals surface area (Å²) in [6.07, 6.45) is -6.45. The first kappa shape index (κ1) is 32.3. The summed E-state index contributed by atoms with van der Waals surface area (Å²) in [5, 5.41) is 2.99. The van der Waals surface area contributed by atoms with Crippen molar-refractivity contribution in [2.75, 3.05) is 29.4 Å². The van der Waals surface area contributed by atoms with E-state index in [1.807, 2.05) is 29.2 Å². The Bertz CT molecular complexity index is 1500. The number of hydrogen-bond donors (Lipinski definition) is 1. The molecule has 3 aromatic carbocycles. The number of nitrogens with one attached hydrogen (secondary N) is 1. The molecule has 5 rings (SSSR count). The number of hydrogen-bond acceptors (Lipinski definition) is 3. The molecule has 12 heteroatoms. The Morgan fingerprint density at radius 2 is 1.36 bits per heavy atom. The Labute approximate surface area is 256 Å². The summed E-state index contributed by atoms with van der Waals surface area (Å²) in [4.78, 5) is 29.9. The van der Waals surface area contributed by atoms with Crippen molar-refractivity contribution in [3.8, 4) is 0 Å². The topological polar surface area (TPSA) is 52.7 Å². The fourth-order valence-electron chi connectivity index (χ4n) is 6.14. The Hall–Kier alpha value is -4.09. The van der Waals surface area contributed by atoms with Crippen molar-refractivity contribution in [2.45, 2.75) is 62.8 Å². The van der Waals surface area contributed by atoms with E-state index in [1.165, 1.54) is 19.1 Å². The molecule has 1 atom stereocenters. The van der Waals surface area contributed by atoms with Crippen LogP contribution in [0, 0.1) is 5.82 Å². The highest BCUT2D eigenvalue weighted by Crippen LogP contribution is 2.40. The van der Waals surface area contributed by atoms with Gasteiger partial charge < -0.3 is 15.1 Å². The van der Waals surface area contributed by atoms with E-state index in [4.69, 9.17) is 0 Å². The summed E-state index contributed by atoms with van der Waals surface area (Å²) in [6.45, 7) is 2.33. The Morgan fingerprint density at radius 1 is 0.800 bits per heavy atom. The lowest BCUT2D eigenvalue weighted by Gasteiger charge is -2.40. The third-order valence-electron chi connectivity index (χ3n) is 8.72. The molecule has 3 aromatic rings. The van der Waals surface area contributed by atoms with Gasteiger partial charge in [0.15, 0.2) is 0 Å². The smallest absolute Gasteiger partial charge is 0.360 e. The highest BCUT2D eigenvalue weighted by Gasteiger charge is 2.40. The first-order valence-electron chi connectivity index (χ1n) is 14.7. The fourth-order valence-corrected chi connectivity index (χ4v) is 6.14. The van der Waals surface area contributed by atoms with E-state index in [1.54, 1.807) is 17.0 Å². The van der Waals surface area contributed by atoms with Crippen molar-refractivity contribution in [1.82, 2.24) is 5.32 Å². The maximum atomic E-state index is 13.5. The second-order valence-electron chi connectivity index (χ2n) is 11.7. The van der Waals surface area contributed by atoms with Crippen LogP contribution in [0.15, 0.2) is 66.7 Å². The number of benzene rings is 3. The maximum Gasteiger partial charge on any atom is 0.416 e. The van der Waals surface area contributed by atoms with E-state index in [9.17, 15) is 40.3 Å². The number of carbonyl (C=O) groups excluding carboxylic acids is 2. The van der Waals surface area contributed by atoms with Crippen molar-refractivity contribution in [1.29, 1.82) is 0 Å². The minimum Gasteiger partial charge on any atom is -0.360 e. The molecule has 2 aliphatic rings. The van der Waals surface area contributed by atoms with E-state index < -0.39 is 46.7 Å². The van der Waals surface area contributed by atoms with Gasteiger partial charge in [-0.3, -0.25) is 9.59 Å². The second kappa shape index (κ2) is 12.4. The predicted octanol–water partition coefficient (Wildman–Crippen LogP) is 7.80. The number of rotatable bonds is 6. The molecule has 0 bridgehead atoms. The van der Waals surface area contributed by atoms with Crippen LogP contribution in [0.1, 0.15) is 67.2 Å². The van der Waals surface area contributed by atoms with E-state index in [-0.39, 0.29) is 24.1 Å². The molecule has 0 radical (unpaired) electrons. The molecule has 1 aliphatic carbocycles. The Morgan fingerprint density at radius 3 is 1.89 bits per heavy atom. The number of nitrogens with zero attached hydrogens (tertiary/aromatic N) is 2. The molecular formula is C33H32F7N3O2. The summed E-state index contributed by atoms with van der Waals surface area (Å²) >= 11 is 0. The molecule has 0 aromatic heterocycles. The van der Waals surface area contributed by atoms with Crippen molar-refractivity contribution in [3.05, 3.63) is 94.8 Å². The molecule has 1 saturated carbocycles. The molecule has 0 unspecified atom stereocenters. The highest BCUT2D eigenvalue weighted by molar-refractivity contribution is 5.97. The molecule has 1 N–H and O–H groups in total. The van der Waals surface area contributed by atoms with Gasteiger partial charge in [0, 0.05) is 24.5 Å². The van der Waals surface area contributed by atoms with E-state index in [0.29, 0.717) is 43.8 Å². The Kier molecular flexibility index (Phi) is 8.88. The number of anilines is 2. The van der Waals surface area contributed by atoms with E-state index in [0.717, 1.165) is 30.5 Å². The lowest BCUT2D eigenvalue weighted by atomic mass is 9.76. The third kappa shape index (κ3) is 7.10. The lowest BCUT2D eigenvalue weighted by molar-refractivity contribution is -0.143. The average Bonchev–Trinajstić information content (AvgIpc) is 3.00. The van der Waals surface area contributed by atoms with Crippen LogP contribution in [0.5, 0.6) is 0 Å². The predicted molar refractivity (Wildman–Crippen MR) is 155 cm³/mol. The molecule has 1 heterocycles. The summed E-state index contributed by atoms with van der Waals surface area (Å²) in [6, 6.07) is 14.3. The first-order chi connectivity index (χ1) is 21.2. The monoisotopic (exact) mass is 635 g/mol. The molecule has 5 nitrogen and oxygen atoms in total. The second-order valence-corrected chi connectivity index (χ2v) is 11.7. The summed E-state index contributed by atoms with van der Waals surface area (Å²) in [5.74, 6) is -2.49. The van der Waals surface area contributed by atoms with Gasteiger partial charge in [-0.2, -0.15) is 26.3 Å². The number of halogens is 7. The van der Waals surface area contributed by atoms with Gasteiger partial charge in [0.2, 0.25) is 11.8 Å². The van der Waals surface area contributed by atoms with E-state index >= 15 is 0 Å². The zero-order valence-electron chi connectivity index (χ0n) is 24.4. The molecule has 240 valence electrons. The summed E-state index contributed by atoms with van der Waals surface area (Å²) in [7, 11) is 0. The molecule has 2 amide bonds. The minimum atomic E-state index is -5.02. The van der Waals surface area contributed by atoms with Crippen LogP contribution in [0.3, 0.4) is 0 Å². The van der Waals surface area contributed by atoms with Gasteiger partial charge in [-0.1, -0.05) is 31.4 Å². The largest absolute Gasteiger partial charge is 0.416 e. The van der Waals surface area contributed by atoms with Gasteiger partial charge in [-0.15, -0.1) is 0 Å². The molecule has 1 aliphatic heterocycles. The highest BCUT2D eigenvalue weighted by atomic mass is 19.4. The molecule has 45 heavy (non-hydrogen) atoms. The van der Waals surface area contributed by atoms with Gasteiger partial charge >= 0.3 is 12.4 Å². The zero-order valence-corrected chi connectivity index (χ0v) is 24.4. The number of carbonyl (C=O) groups is 2. The van der Waals surface area contributed by atoms with Gasteiger partial charge in [-0.05, 0) is 85.5 Å². The van der Waals surface area contributed by atoms with Crippen LogP contribution in [0.25, 0.3) is 0 Å². The van der Waals surface area contributed by atoms with Crippen LogP contribution >= 0.6 is 0 Å². The van der Waals surface area contributed by atoms with Crippen LogP contribution in [0.4, 0.5) is 42.1 Å². The third-order valence-corrected chi connectivity index (χ3v) is 8.72. The van der Waals surface area contributed by atoms with Crippen LogP contribution in [-0.4, -0.2) is 31.4 Å². The van der Waals surface area contributed by atoms with Crippen LogP contribution in [-0.2, 0) is 27.5 Å². The number of amides is 2. The Balaban J connectivity index is 1.34. The zero-order chi connectivity index (χ0) is 32.6. The molecular weight excluding hydrogens is 603 g/mol. The van der Waals surface area contributed by atoms with Gasteiger partial charge in [0.25, 0.3) is 0 Å². The average molecular weight is 636 g/mol. The summed E-state index contributed by atoms with van der Waals surface area (Å²) < 4.78 is 94.0. The van der Waals surface area contributed by atoms with E-state index in [2.05, 4.69) is 5.32 Å².